The van der Waals surface area contributed by atoms with Gasteiger partial charge in [-0.25, -0.2) is 0 Å². The maximum absolute atomic E-state index is 13.5. The van der Waals surface area contributed by atoms with Crippen LogP contribution in [0.1, 0.15) is 11.6 Å². The third-order valence-electron chi connectivity index (χ3n) is 3.06. The molecule has 0 unspecified atom stereocenters. The van der Waals surface area contributed by atoms with Crippen LogP contribution in [-0.2, 0) is 0 Å². The fourth-order valence-electron chi connectivity index (χ4n) is 1.83. The van der Waals surface area contributed by atoms with Crippen LogP contribution in [0.4, 0.5) is 22.0 Å². The monoisotopic (exact) mass is 367 g/mol. The molecule has 0 aliphatic rings. The molecule has 124 valence electrons. The van der Waals surface area contributed by atoms with E-state index < -0.39 is 18.1 Å². The topological polar surface area (TPSA) is 26.0 Å². The summed E-state index contributed by atoms with van der Waals surface area (Å²) in [4.78, 5) is 0.871. The van der Waals surface area contributed by atoms with E-state index in [0.717, 1.165) is 11.8 Å². The van der Waals surface area contributed by atoms with E-state index in [2.05, 4.69) is 0 Å². The molecule has 0 saturated carbocycles. The highest BCUT2D eigenvalue weighted by Gasteiger charge is 2.62. The highest BCUT2D eigenvalue weighted by Crippen LogP contribution is 2.45. The number of nitrogens with two attached hydrogens (primary N) is 1. The van der Waals surface area contributed by atoms with Crippen LogP contribution in [0.25, 0.3) is 0 Å². The van der Waals surface area contributed by atoms with E-state index in [-0.39, 0.29) is 10.5 Å². The molecule has 2 rings (SSSR count). The van der Waals surface area contributed by atoms with E-state index >= 15 is 0 Å². The van der Waals surface area contributed by atoms with Crippen molar-refractivity contribution in [2.24, 2.45) is 5.73 Å². The average Bonchev–Trinajstić information content (AvgIpc) is 2.48. The molecule has 23 heavy (non-hydrogen) atoms. The Balaban J connectivity index is 2.35. The Morgan fingerprint density at radius 2 is 1.48 bits per heavy atom. The zero-order valence-electron chi connectivity index (χ0n) is 11.4. The lowest BCUT2D eigenvalue weighted by Crippen LogP contribution is -2.46. The van der Waals surface area contributed by atoms with Crippen molar-refractivity contribution in [3.8, 4) is 0 Å². The van der Waals surface area contributed by atoms with E-state index in [4.69, 9.17) is 17.3 Å². The number of halogens is 6. The first-order valence-corrected chi connectivity index (χ1v) is 7.55. The van der Waals surface area contributed by atoms with Gasteiger partial charge in [-0.15, -0.1) is 0 Å². The van der Waals surface area contributed by atoms with Crippen LogP contribution >= 0.6 is 23.4 Å². The summed E-state index contributed by atoms with van der Waals surface area (Å²) < 4.78 is 64.6. The highest BCUT2D eigenvalue weighted by atomic mass is 35.5. The average molecular weight is 368 g/mol. The van der Waals surface area contributed by atoms with Crippen LogP contribution in [0.15, 0.2) is 58.3 Å². The van der Waals surface area contributed by atoms with E-state index in [0.29, 0.717) is 9.92 Å². The van der Waals surface area contributed by atoms with Crippen LogP contribution in [0, 0.1) is 0 Å². The summed E-state index contributed by atoms with van der Waals surface area (Å²) in [6.45, 7) is 0. The summed E-state index contributed by atoms with van der Waals surface area (Å²) in [5, 5.41) is 0.489. The van der Waals surface area contributed by atoms with Gasteiger partial charge in [0.15, 0.2) is 0 Å². The Hall–Kier alpha value is -1.31. The molecule has 1 nitrogen and oxygen atoms in total. The van der Waals surface area contributed by atoms with Crippen LogP contribution in [0.3, 0.4) is 0 Å². The first kappa shape index (κ1) is 18.0. The third-order valence-corrected chi connectivity index (χ3v) is 4.42. The Morgan fingerprint density at radius 1 is 0.913 bits per heavy atom. The fraction of sp³-hybridized carbons (Fsp3) is 0.200. The molecular formula is C15H11ClF5NS. The van der Waals surface area contributed by atoms with Gasteiger partial charge in [0, 0.05) is 14.8 Å². The van der Waals surface area contributed by atoms with Crippen molar-refractivity contribution < 1.29 is 22.0 Å². The van der Waals surface area contributed by atoms with Gasteiger partial charge in [0.1, 0.15) is 6.04 Å². The van der Waals surface area contributed by atoms with E-state index in [1.807, 2.05) is 0 Å². The largest absolute Gasteiger partial charge is 0.455 e. The van der Waals surface area contributed by atoms with Crippen molar-refractivity contribution in [2.75, 3.05) is 0 Å². The maximum atomic E-state index is 13.5. The fourth-order valence-corrected chi connectivity index (χ4v) is 2.94. The van der Waals surface area contributed by atoms with Gasteiger partial charge in [-0.3, -0.25) is 0 Å². The summed E-state index contributed by atoms with van der Waals surface area (Å²) in [7, 11) is 0. The minimum Gasteiger partial charge on any atom is -0.319 e. The molecule has 1 atom stereocenters. The maximum Gasteiger partial charge on any atom is 0.455 e. The van der Waals surface area contributed by atoms with Crippen LogP contribution in [-0.4, -0.2) is 12.1 Å². The third kappa shape index (κ3) is 3.97. The molecule has 8 heteroatoms. The predicted octanol–water partition coefficient (Wildman–Crippen LogP) is 5.69. The summed E-state index contributed by atoms with van der Waals surface area (Å²) in [6, 6.07) is 9.50. The normalized spacial score (nSPS) is 13.9. The second-order valence-electron chi connectivity index (χ2n) is 4.69. The first-order valence-electron chi connectivity index (χ1n) is 6.35. The zero-order chi connectivity index (χ0) is 17.3. The van der Waals surface area contributed by atoms with Crippen LogP contribution in [0.5, 0.6) is 0 Å². The van der Waals surface area contributed by atoms with Gasteiger partial charge in [0.2, 0.25) is 0 Å². The van der Waals surface area contributed by atoms with Crippen molar-refractivity contribution in [3.05, 3.63) is 59.1 Å². The molecule has 0 fully saturated rings. The molecule has 0 amide bonds. The van der Waals surface area contributed by atoms with Crippen molar-refractivity contribution in [1.29, 1.82) is 0 Å². The summed E-state index contributed by atoms with van der Waals surface area (Å²) in [6.07, 6.45) is -5.72. The highest BCUT2D eigenvalue weighted by molar-refractivity contribution is 7.99. The lowest BCUT2D eigenvalue weighted by molar-refractivity contribution is -0.291. The molecule has 0 saturated heterocycles. The second kappa shape index (κ2) is 6.67. The van der Waals surface area contributed by atoms with Gasteiger partial charge in [0.05, 0.1) is 0 Å². The molecule has 0 aromatic heterocycles. The molecule has 0 bridgehead atoms. The van der Waals surface area contributed by atoms with Crippen molar-refractivity contribution in [2.45, 2.75) is 27.9 Å². The van der Waals surface area contributed by atoms with Gasteiger partial charge < -0.3 is 5.73 Å². The zero-order valence-corrected chi connectivity index (χ0v) is 13.0. The van der Waals surface area contributed by atoms with Gasteiger partial charge in [0.25, 0.3) is 0 Å². The minimum absolute atomic E-state index is 0.228. The number of rotatable bonds is 4. The first-order chi connectivity index (χ1) is 10.6. The second-order valence-corrected chi connectivity index (χ2v) is 6.24. The summed E-state index contributed by atoms with van der Waals surface area (Å²) in [5.41, 5.74) is 4.96. The lowest BCUT2D eigenvalue weighted by Gasteiger charge is -2.27. The Bertz CT molecular complexity index is 672. The number of hydrogen-bond acceptors (Lipinski definition) is 2. The van der Waals surface area contributed by atoms with Gasteiger partial charge in [-0.05, 0) is 35.9 Å². The molecule has 2 aromatic rings. The molecular weight excluding hydrogens is 357 g/mol. The number of hydrogen-bond donors (Lipinski definition) is 1. The van der Waals surface area contributed by atoms with Gasteiger partial charge >= 0.3 is 12.1 Å². The van der Waals surface area contributed by atoms with Crippen molar-refractivity contribution in [1.82, 2.24) is 0 Å². The quantitative estimate of drug-likeness (QED) is 0.703. The number of alkyl halides is 5. The van der Waals surface area contributed by atoms with E-state index in [9.17, 15) is 22.0 Å². The molecule has 2 N–H and O–H groups in total. The van der Waals surface area contributed by atoms with Crippen molar-refractivity contribution in [3.63, 3.8) is 0 Å². The Labute approximate surface area is 138 Å². The number of benzene rings is 2. The standard InChI is InChI=1S/C15H11ClF5NS/c16-9-5-7-10(8-6-9)23-12-4-2-1-3-11(12)13(22)14(17,18)15(19,20)21/h1-8,13H,22H2/t13-/m0/s1. The van der Waals surface area contributed by atoms with Crippen LogP contribution in [0.2, 0.25) is 5.02 Å². The van der Waals surface area contributed by atoms with Gasteiger partial charge in [-0.1, -0.05) is 41.6 Å². The summed E-state index contributed by atoms with van der Waals surface area (Å²) >= 11 is 6.79. The Morgan fingerprint density at radius 3 is 2.04 bits per heavy atom. The molecule has 2 aromatic carbocycles. The molecule has 0 aliphatic carbocycles. The SMILES string of the molecule is N[C@@H](c1ccccc1Sc1ccc(Cl)cc1)C(F)(F)C(F)(F)F. The molecule has 0 spiro atoms. The van der Waals surface area contributed by atoms with Crippen molar-refractivity contribution >= 4 is 23.4 Å². The van der Waals surface area contributed by atoms with E-state index in [1.165, 1.54) is 18.2 Å². The smallest absolute Gasteiger partial charge is 0.319 e. The van der Waals surface area contributed by atoms with Crippen LogP contribution < -0.4 is 5.73 Å². The molecule has 0 heterocycles. The van der Waals surface area contributed by atoms with Gasteiger partial charge in [-0.2, -0.15) is 22.0 Å². The minimum atomic E-state index is -5.72. The Kier molecular flexibility index (Phi) is 5.23. The molecule has 0 radical (unpaired) electrons. The molecule has 0 aliphatic heterocycles. The van der Waals surface area contributed by atoms with E-state index in [1.54, 1.807) is 30.3 Å². The summed E-state index contributed by atoms with van der Waals surface area (Å²) in [5.74, 6) is -5.02. The lowest BCUT2D eigenvalue weighted by atomic mass is 10.0. The predicted molar refractivity (Wildman–Crippen MR) is 79.9 cm³/mol.